The summed E-state index contributed by atoms with van der Waals surface area (Å²) in [5, 5.41) is 41.3. The van der Waals surface area contributed by atoms with Gasteiger partial charge in [0.2, 0.25) is 15.5 Å². The quantitative estimate of drug-likeness (QED) is 0.332. The second-order valence-corrected chi connectivity index (χ2v) is 4.93. The Kier molecular flexibility index (Phi) is 3.66. The van der Waals surface area contributed by atoms with Crippen LogP contribution in [0.15, 0.2) is 0 Å². The van der Waals surface area contributed by atoms with E-state index in [-0.39, 0.29) is 0 Å². The molecule has 0 aromatic heterocycles. The second kappa shape index (κ2) is 4.29. The smallest absolute Gasteiger partial charge is 0.239 e. The zero-order valence-corrected chi connectivity index (χ0v) is 8.41. The van der Waals surface area contributed by atoms with Crippen molar-refractivity contribution in [3.05, 3.63) is 0 Å². The molecule has 0 spiro atoms. The predicted molar refractivity (Wildman–Crippen MR) is 46.9 cm³/mol. The van der Waals surface area contributed by atoms with Crippen LogP contribution in [-0.4, -0.2) is 65.3 Å². The van der Waals surface area contributed by atoms with E-state index >= 15 is 0 Å². The predicted octanol–water partition coefficient (Wildman–Crippen LogP) is -3.93. The van der Waals surface area contributed by atoms with Crippen molar-refractivity contribution in [3.8, 4) is 0 Å². The van der Waals surface area contributed by atoms with Gasteiger partial charge < -0.3 is 25.2 Å². The number of aliphatic hydroxyl groups is 4. The molecule has 9 heteroatoms. The molecule has 6 N–H and O–H groups in total. The lowest BCUT2D eigenvalue weighted by Crippen LogP contribution is -2.61. The molecule has 1 aliphatic rings. The summed E-state index contributed by atoms with van der Waals surface area (Å²) in [6.07, 6.45) is -6.45. The summed E-state index contributed by atoms with van der Waals surface area (Å²) >= 11 is 0. The van der Waals surface area contributed by atoms with Crippen molar-refractivity contribution in [3.63, 3.8) is 0 Å². The van der Waals surface area contributed by atoms with Gasteiger partial charge in [0.25, 0.3) is 0 Å². The summed E-state index contributed by atoms with van der Waals surface area (Å²) in [6.45, 7) is -0.697. The van der Waals surface area contributed by atoms with Crippen molar-refractivity contribution in [2.45, 2.75) is 29.9 Å². The molecular formula is C6H13NO7S. The average Bonchev–Trinajstić information content (AvgIpc) is 2.13. The van der Waals surface area contributed by atoms with Gasteiger partial charge in [-0.3, -0.25) is 0 Å². The number of sulfonamides is 1. The Labute approximate surface area is 85.9 Å². The van der Waals surface area contributed by atoms with Gasteiger partial charge in [0, 0.05) is 0 Å². The number of rotatable bonds is 2. The summed E-state index contributed by atoms with van der Waals surface area (Å²) in [7, 11) is -4.23. The summed E-state index contributed by atoms with van der Waals surface area (Å²) in [6, 6.07) is 0. The van der Waals surface area contributed by atoms with Gasteiger partial charge in [0.15, 0.2) is 0 Å². The first-order valence-corrected chi connectivity index (χ1v) is 5.72. The molecule has 1 saturated heterocycles. The van der Waals surface area contributed by atoms with Crippen LogP contribution in [-0.2, 0) is 14.8 Å². The number of aliphatic hydroxyl groups excluding tert-OH is 4. The van der Waals surface area contributed by atoms with Gasteiger partial charge in [0.1, 0.15) is 24.4 Å². The van der Waals surface area contributed by atoms with Crippen molar-refractivity contribution >= 4 is 10.0 Å². The average molecular weight is 243 g/mol. The fourth-order valence-corrected chi connectivity index (χ4v) is 2.19. The minimum Gasteiger partial charge on any atom is -0.394 e. The van der Waals surface area contributed by atoms with Crippen molar-refractivity contribution in [2.24, 2.45) is 5.14 Å². The maximum Gasteiger partial charge on any atom is 0.239 e. The topological polar surface area (TPSA) is 150 Å². The molecule has 90 valence electrons. The molecule has 8 nitrogen and oxygen atoms in total. The first kappa shape index (κ1) is 12.8. The van der Waals surface area contributed by atoms with E-state index in [2.05, 4.69) is 4.74 Å². The lowest BCUT2D eigenvalue weighted by Gasteiger charge is -2.38. The third-order valence-corrected chi connectivity index (χ3v) is 3.21. The highest BCUT2D eigenvalue weighted by atomic mass is 32.2. The highest BCUT2D eigenvalue weighted by molar-refractivity contribution is 7.89. The number of primary sulfonamides is 1. The van der Waals surface area contributed by atoms with Gasteiger partial charge >= 0.3 is 0 Å². The third kappa shape index (κ3) is 2.45. The largest absolute Gasteiger partial charge is 0.394 e. The lowest BCUT2D eigenvalue weighted by atomic mass is 10.0. The van der Waals surface area contributed by atoms with Crippen LogP contribution in [0.3, 0.4) is 0 Å². The highest BCUT2D eigenvalue weighted by Gasteiger charge is 2.47. The van der Waals surface area contributed by atoms with Crippen molar-refractivity contribution in [1.29, 1.82) is 0 Å². The Morgan fingerprint density at radius 2 is 1.67 bits per heavy atom. The molecule has 0 radical (unpaired) electrons. The number of hydrogen-bond donors (Lipinski definition) is 5. The van der Waals surface area contributed by atoms with Crippen molar-refractivity contribution in [2.75, 3.05) is 6.61 Å². The van der Waals surface area contributed by atoms with E-state index in [1.807, 2.05) is 0 Å². The fraction of sp³-hybridized carbons (Fsp3) is 1.00. The molecule has 1 rings (SSSR count). The Morgan fingerprint density at radius 1 is 1.13 bits per heavy atom. The van der Waals surface area contributed by atoms with Crippen LogP contribution in [0, 0.1) is 0 Å². The first-order chi connectivity index (χ1) is 6.79. The Balaban J connectivity index is 2.93. The molecule has 0 saturated carbocycles. The number of nitrogens with two attached hydrogens (primary N) is 1. The number of hydrogen-bond acceptors (Lipinski definition) is 7. The van der Waals surface area contributed by atoms with Crippen molar-refractivity contribution in [1.82, 2.24) is 0 Å². The highest BCUT2D eigenvalue weighted by Crippen LogP contribution is 2.23. The molecule has 0 bridgehead atoms. The third-order valence-electron chi connectivity index (χ3n) is 2.17. The number of ether oxygens (including phenoxy) is 1. The van der Waals surface area contributed by atoms with E-state index in [0.29, 0.717) is 0 Å². The molecule has 1 fully saturated rings. The van der Waals surface area contributed by atoms with Crippen molar-refractivity contribution < 1.29 is 33.6 Å². The summed E-state index contributed by atoms with van der Waals surface area (Å²) in [5.41, 5.74) is -1.85. The molecule has 0 aliphatic carbocycles. The molecule has 0 amide bonds. The molecule has 15 heavy (non-hydrogen) atoms. The van der Waals surface area contributed by atoms with Gasteiger partial charge in [-0.05, 0) is 0 Å². The van der Waals surface area contributed by atoms with E-state index in [0.717, 1.165) is 0 Å². The molecule has 0 aromatic carbocycles. The fourth-order valence-electron chi connectivity index (χ4n) is 1.34. The monoisotopic (exact) mass is 243 g/mol. The normalized spacial score (nSPS) is 42.9. The van der Waals surface area contributed by atoms with Crippen LogP contribution in [0.25, 0.3) is 0 Å². The van der Waals surface area contributed by atoms with Crippen LogP contribution in [0.2, 0.25) is 0 Å². The van der Waals surface area contributed by atoms with E-state index < -0.39 is 46.5 Å². The SMILES string of the molecule is NS(=O)(=O)C1O[C@H](CO)[C@H](O)[C@H](O)[C@H]1O. The van der Waals surface area contributed by atoms with Crippen LogP contribution in [0.4, 0.5) is 0 Å². The van der Waals surface area contributed by atoms with E-state index in [1.165, 1.54) is 0 Å². The summed E-state index contributed by atoms with van der Waals surface area (Å²) in [5.74, 6) is 0. The Hall–Kier alpha value is -0.290. The molecular weight excluding hydrogens is 230 g/mol. The van der Waals surface area contributed by atoms with E-state index in [1.54, 1.807) is 0 Å². The van der Waals surface area contributed by atoms with Gasteiger partial charge in [-0.25, -0.2) is 13.6 Å². The van der Waals surface area contributed by atoms with Gasteiger partial charge in [-0.2, -0.15) is 0 Å². The van der Waals surface area contributed by atoms with Crippen LogP contribution < -0.4 is 5.14 Å². The zero-order chi connectivity index (χ0) is 11.8. The molecule has 5 atom stereocenters. The van der Waals surface area contributed by atoms with Crippen LogP contribution in [0.1, 0.15) is 0 Å². The van der Waals surface area contributed by atoms with Gasteiger partial charge in [-0.15, -0.1) is 0 Å². The minimum atomic E-state index is -4.23. The second-order valence-electron chi connectivity index (χ2n) is 3.29. The standard InChI is InChI=1S/C6H13NO7S/c7-15(12,13)6-5(11)4(10)3(9)2(1-8)14-6/h2-6,8-11H,1H2,(H2,7,12,13)/t2-,3+,4+,5-,6?/m1/s1. The Bertz CT molecular complexity index is 315. The maximum absolute atomic E-state index is 10.9. The maximum atomic E-state index is 10.9. The summed E-state index contributed by atoms with van der Waals surface area (Å²) in [4.78, 5) is 0. The molecule has 1 heterocycles. The first-order valence-electron chi connectivity index (χ1n) is 4.11. The molecule has 1 unspecified atom stereocenters. The van der Waals surface area contributed by atoms with Gasteiger partial charge in [-0.1, -0.05) is 0 Å². The Morgan fingerprint density at radius 3 is 2.07 bits per heavy atom. The summed E-state index contributed by atoms with van der Waals surface area (Å²) < 4.78 is 26.5. The van der Waals surface area contributed by atoms with E-state index in [4.69, 9.17) is 10.2 Å². The molecule has 0 aromatic rings. The molecule has 1 aliphatic heterocycles. The van der Waals surface area contributed by atoms with Gasteiger partial charge in [0.05, 0.1) is 6.61 Å². The van der Waals surface area contributed by atoms with E-state index in [9.17, 15) is 23.7 Å². The van der Waals surface area contributed by atoms with Crippen LogP contribution in [0.5, 0.6) is 0 Å². The minimum absolute atomic E-state index is 0.697. The van der Waals surface area contributed by atoms with Crippen LogP contribution >= 0.6 is 0 Å². The zero-order valence-electron chi connectivity index (χ0n) is 7.59. The lowest BCUT2D eigenvalue weighted by molar-refractivity contribution is -0.207.